The highest BCUT2D eigenvalue weighted by atomic mass is 32.3. The van der Waals surface area contributed by atoms with Crippen LogP contribution in [0.2, 0.25) is 0 Å². The van der Waals surface area contributed by atoms with Gasteiger partial charge < -0.3 is 20.7 Å². The minimum absolute atomic E-state index is 0.0483. The van der Waals surface area contributed by atoms with Gasteiger partial charge in [-0.15, -0.1) is 0 Å². The lowest BCUT2D eigenvalue weighted by Crippen LogP contribution is -2.37. The molecule has 172 valence electrons. The predicted octanol–water partition coefficient (Wildman–Crippen LogP) is 3.07. The molecule has 8 heteroatoms. The summed E-state index contributed by atoms with van der Waals surface area (Å²) < 4.78 is 5.20. The fourth-order valence-corrected chi connectivity index (χ4v) is 4.50. The Morgan fingerprint density at radius 3 is 2.28 bits per heavy atom. The van der Waals surface area contributed by atoms with Crippen molar-refractivity contribution in [2.45, 2.75) is 23.8 Å². The quantitative estimate of drug-likeness (QED) is 0.568. The SMILES string of the molecule is COc1ccc(C(NC(=O)CC2CNC(=O)C2)C(=O)Nc2ccc(S(C)(C)C)cc2)cc1. The molecule has 1 aliphatic heterocycles. The van der Waals surface area contributed by atoms with E-state index < -0.39 is 16.1 Å². The van der Waals surface area contributed by atoms with Gasteiger partial charge in [0.25, 0.3) is 5.91 Å². The van der Waals surface area contributed by atoms with Gasteiger partial charge in [-0.3, -0.25) is 14.4 Å². The van der Waals surface area contributed by atoms with Crippen LogP contribution in [0.5, 0.6) is 5.75 Å². The van der Waals surface area contributed by atoms with Crippen molar-refractivity contribution >= 4 is 33.4 Å². The van der Waals surface area contributed by atoms with Crippen molar-refractivity contribution in [3.8, 4) is 5.75 Å². The minimum Gasteiger partial charge on any atom is -0.497 e. The first-order chi connectivity index (χ1) is 15.2. The van der Waals surface area contributed by atoms with Crippen LogP contribution in [0.15, 0.2) is 53.4 Å². The number of ether oxygens (including phenoxy) is 1. The maximum Gasteiger partial charge on any atom is 0.251 e. The van der Waals surface area contributed by atoms with Crippen LogP contribution in [0.1, 0.15) is 24.4 Å². The normalized spacial score (nSPS) is 17.2. The number of nitrogens with one attached hydrogen (secondary N) is 3. The van der Waals surface area contributed by atoms with Gasteiger partial charge in [-0.05, 0) is 71.5 Å². The highest BCUT2D eigenvalue weighted by Crippen LogP contribution is 2.45. The molecule has 3 amide bonds. The molecule has 0 aliphatic carbocycles. The number of amides is 3. The lowest BCUT2D eigenvalue weighted by Gasteiger charge is -2.26. The highest BCUT2D eigenvalue weighted by Gasteiger charge is 2.27. The summed E-state index contributed by atoms with van der Waals surface area (Å²) in [5.41, 5.74) is 1.31. The van der Waals surface area contributed by atoms with Gasteiger partial charge in [-0.2, -0.15) is 0 Å². The first-order valence-electron chi connectivity index (χ1n) is 10.4. The summed E-state index contributed by atoms with van der Waals surface area (Å²) in [6.45, 7) is 0.480. The molecule has 2 unspecified atom stereocenters. The monoisotopic (exact) mass is 457 g/mol. The van der Waals surface area contributed by atoms with E-state index in [2.05, 4.69) is 34.7 Å². The Morgan fingerprint density at radius 1 is 1.09 bits per heavy atom. The van der Waals surface area contributed by atoms with Gasteiger partial charge in [0.2, 0.25) is 11.8 Å². The van der Waals surface area contributed by atoms with Crippen molar-refractivity contribution in [2.75, 3.05) is 37.7 Å². The van der Waals surface area contributed by atoms with Crippen LogP contribution >= 0.6 is 10.0 Å². The van der Waals surface area contributed by atoms with E-state index in [9.17, 15) is 14.4 Å². The van der Waals surface area contributed by atoms with E-state index in [1.165, 1.54) is 4.90 Å². The lowest BCUT2D eigenvalue weighted by molar-refractivity contribution is -0.127. The van der Waals surface area contributed by atoms with Crippen LogP contribution in [0, 0.1) is 5.92 Å². The number of rotatable bonds is 8. The molecular weight excluding hydrogens is 426 g/mol. The maximum atomic E-state index is 13.2. The smallest absolute Gasteiger partial charge is 0.251 e. The lowest BCUT2D eigenvalue weighted by atomic mass is 10.0. The Morgan fingerprint density at radius 2 is 1.75 bits per heavy atom. The van der Waals surface area contributed by atoms with Gasteiger partial charge in [-0.1, -0.05) is 12.1 Å². The summed E-state index contributed by atoms with van der Waals surface area (Å²) in [7, 11) is 0.714. The molecule has 2 atom stereocenters. The van der Waals surface area contributed by atoms with E-state index in [-0.39, 0.29) is 30.1 Å². The summed E-state index contributed by atoms with van der Waals surface area (Å²) in [5, 5.41) is 8.49. The van der Waals surface area contributed by atoms with Crippen LogP contribution in [0.25, 0.3) is 0 Å². The second-order valence-electron chi connectivity index (χ2n) is 8.70. The Balaban J connectivity index is 1.75. The summed E-state index contributed by atoms with van der Waals surface area (Å²) in [4.78, 5) is 38.5. The van der Waals surface area contributed by atoms with Crippen LogP contribution in [-0.4, -0.2) is 50.1 Å². The molecule has 0 bridgehead atoms. The van der Waals surface area contributed by atoms with Crippen molar-refractivity contribution in [2.24, 2.45) is 5.92 Å². The molecule has 2 aromatic rings. The molecule has 0 aromatic heterocycles. The number of hydrogen-bond acceptors (Lipinski definition) is 4. The number of carbonyl (C=O) groups excluding carboxylic acids is 3. The molecule has 7 nitrogen and oxygen atoms in total. The van der Waals surface area contributed by atoms with E-state index in [0.717, 1.165) is 0 Å². The van der Waals surface area contributed by atoms with Gasteiger partial charge in [0.15, 0.2) is 0 Å². The second kappa shape index (κ2) is 10.1. The first-order valence-corrected chi connectivity index (χ1v) is 13.3. The number of methoxy groups -OCH3 is 1. The molecule has 0 saturated carbocycles. The molecule has 1 saturated heterocycles. The highest BCUT2D eigenvalue weighted by molar-refractivity contribution is 8.32. The number of hydrogen-bond donors (Lipinski definition) is 3. The number of anilines is 1. The van der Waals surface area contributed by atoms with Crippen molar-refractivity contribution in [3.05, 3.63) is 54.1 Å². The molecule has 3 N–H and O–H groups in total. The summed E-state index contributed by atoms with van der Waals surface area (Å²) in [5.74, 6) is -0.0495. The molecule has 3 rings (SSSR count). The van der Waals surface area contributed by atoms with Crippen LogP contribution < -0.4 is 20.7 Å². The predicted molar refractivity (Wildman–Crippen MR) is 128 cm³/mol. The fraction of sp³-hybridized carbons (Fsp3) is 0.375. The third-order valence-corrected chi connectivity index (χ3v) is 7.07. The van der Waals surface area contributed by atoms with Crippen LogP contribution in [-0.2, 0) is 14.4 Å². The number of benzene rings is 2. The average Bonchev–Trinajstić information content (AvgIpc) is 3.16. The minimum atomic E-state index is -0.869. The third-order valence-electron chi connectivity index (χ3n) is 5.38. The average molecular weight is 458 g/mol. The van der Waals surface area contributed by atoms with E-state index >= 15 is 0 Å². The van der Waals surface area contributed by atoms with Crippen LogP contribution in [0.3, 0.4) is 0 Å². The molecule has 2 aromatic carbocycles. The molecule has 0 spiro atoms. The van der Waals surface area contributed by atoms with Crippen molar-refractivity contribution in [3.63, 3.8) is 0 Å². The standard InChI is InChI=1S/C24H31N3O4S/c1-31-19-9-5-17(6-10-19)23(27-22(29)14-16-13-21(28)25-15-16)24(30)26-18-7-11-20(12-8-18)32(2,3)4/h5-12,16,23H,13-15H2,1-4H3,(H,25,28)(H,26,30)(H,27,29). The van der Waals surface area contributed by atoms with Crippen molar-refractivity contribution < 1.29 is 19.1 Å². The first kappa shape index (κ1) is 23.7. The largest absolute Gasteiger partial charge is 0.497 e. The zero-order valence-electron chi connectivity index (χ0n) is 18.9. The number of carbonyl (C=O) groups is 3. The summed E-state index contributed by atoms with van der Waals surface area (Å²) >= 11 is 0. The van der Waals surface area contributed by atoms with E-state index in [1.54, 1.807) is 31.4 Å². The Bertz CT molecular complexity index is 968. The van der Waals surface area contributed by atoms with E-state index in [4.69, 9.17) is 4.74 Å². The Labute approximate surface area is 190 Å². The van der Waals surface area contributed by atoms with Crippen molar-refractivity contribution in [1.82, 2.24) is 10.6 Å². The zero-order chi connectivity index (χ0) is 23.3. The van der Waals surface area contributed by atoms with E-state index in [1.807, 2.05) is 24.3 Å². The van der Waals surface area contributed by atoms with Gasteiger partial charge >= 0.3 is 0 Å². The summed E-state index contributed by atoms with van der Waals surface area (Å²) in [6.07, 6.45) is 7.15. The fourth-order valence-electron chi connectivity index (χ4n) is 3.55. The molecular formula is C24H31N3O4S. The molecule has 1 heterocycles. The van der Waals surface area contributed by atoms with Gasteiger partial charge in [0.1, 0.15) is 11.8 Å². The second-order valence-corrected chi connectivity index (χ2v) is 12.8. The molecule has 32 heavy (non-hydrogen) atoms. The molecule has 1 aliphatic rings. The summed E-state index contributed by atoms with van der Waals surface area (Å²) in [6, 6.07) is 14.0. The van der Waals surface area contributed by atoms with Gasteiger partial charge in [0, 0.05) is 25.1 Å². The molecule has 0 radical (unpaired) electrons. The zero-order valence-corrected chi connectivity index (χ0v) is 19.8. The Hall–Kier alpha value is -3.00. The van der Waals surface area contributed by atoms with Gasteiger partial charge in [-0.25, -0.2) is 10.0 Å². The van der Waals surface area contributed by atoms with Crippen molar-refractivity contribution in [1.29, 1.82) is 0 Å². The van der Waals surface area contributed by atoms with Gasteiger partial charge in [0.05, 0.1) is 7.11 Å². The van der Waals surface area contributed by atoms with E-state index in [0.29, 0.717) is 30.0 Å². The third kappa shape index (κ3) is 6.26. The Kier molecular flexibility index (Phi) is 7.45. The topological polar surface area (TPSA) is 96.5 Å². The van der Waals surface area contributed by atoms with Crippen LogP contribution in [0.4, 0.5) is 5.69 Å². The maximum absolute atomic E-state index is 13.2. The molecule has 1 fully saturated rings.